The van der Waals surface area contributed by atoms with Crippen molar-refractivity contribution in [2.24, 2.45) is 0 Å². The number of hydrogen-bond acceptors (Lipinski definition) is 5. The zero-order chi connectivity index (χ0) is 6.85. The average Bonchev–Trinajstić information content (AvgIpc) is 2.14. The SMILES string of the molecule is Cc1noc(B(O)O)n1. The predicted molar refractivity (Wildman–Crippen MR) is 28.9 cm³/mol. The summed E-state index contributed by atoms with van der Waals surface area (Å²) in [4.78, 5) is 3.53. The summed E-state index contributed by atoms with van der Waals surface area (Å²) in [5.74, 6) is 0.214. The van der Waals surface area contributed by atoms with Gasteiger partial charge in [0.1, 0.15) is 0 Å². The van der Waals surface area contributed by atoms with Crippen molar-refractivity contribution in [3.63, 3.8) is 0 Å². The molecule has 0 saturated heterocycles. The third kappa shape index (κ3) is 1.27. The van der Waals surface area contributed by atoms with Crippen LogP contribution in [0.4, 0.5) is 0 Å². The highest BCUT2D eigenvalue weighted by atomic mass is 16.5. The molecule has 6 heteroatoms. The fourth-order valence-electron chi connectivity index (χ4n) is 0.418. The summed E-state index contributed by atoms with van der Waals surface area (Å²) in [5.41, 5.74) is 0. The summed E-state index contributed by atoms with van der Waals surface area (Å²) < 4.78 is 4.36. The molecule has 5 nitrogen and oxygen atoms in total. The van der Waals surface area contributed by atoms with Crippen molar-refractivity contribution in [1.29, 1.82) is 0 Å². The van der Waals surface area contributed by atoms with Gasteiger partial charge >= 0.3 is 7.12 Å². The highest BCUT2D eigenvalue weighted by Crippen LogP contribution is 1.80. The monoisotopic (exact) mass is 128 g/mol. The third-order valence-electron chi connectivity index (χ3n) is 0.764. The molecule has 0 aliphatic heterocycles. The van der Waals surface area contributed by atoms with Gasteiger partial charge in [-0.25, -0.2) is 0 Å². The van der Waals surface area contributed by atoms with Crippen LogP contribution in [0.2, 0.25) is 0 Å². The summed E-state index contributed by atoms with van der Waals surface area (Å²) in [6.07, 6.45) is 0. The summed E-state index contributed by atoms with van der Waals surface area (Å²) in [6.45, 7) is 1.59. The maximum Gasteiger partial charge on any atom is 0.552 e. The second-order valence-corrected chi connectivity index (χ2v) is 1.55. The normalized spacial score (nSPS) is 9.67. The predicted octanol–water partition coefficient (Wildman–Crippen LogP) is -1.94. The van der Waals surface area contributed by atoms with Crippen LogP contribution >= 0.6 is 0 Å². The quantitative estimate of drug-likeness (QED) is 0.430. The van der Waals surface area contributed by atoms with Gasteiger partial charge in [-0.3, -0.25) is 0 Å². The Balaban J connectivity index is 2.85. The van der Waals surface area contributed by atoms with E-state index >= 15 is 0 Å². The highest BCUT2D eigenvalue weighted by molar-refractivity contribution is 6.55. The van der Waals surface area contributed by atoms with Crippen molar-refractivity contribution >= 4 is 12.9 Å². The third-order valence-corrected chi connectivity index (χ3v) is 0.764. The first-order chi connectivity index (χ1) is 4.20. The smallest absolute Gasteiger partial charge is 0.420 e. The molecule has 1 aromatic rings. The largest absolute Gasteiger partial charge is 0.552 e. The van der Waals surface area contributed by atoms with Gasteiger partial charge in [0.15, 0.2) is 5.82 Å². The zero-order valence-electron chi connectivity index (χ0n) is 4.77. The van der Waals surface area contributed by atoms with Crippen LogP contribution in [-0.2, 0) is 0 Å². The molecule has 2 N–H and O–H groups in total. The van der Waals surface area contributed by atoms with E-state index in [0.717, 1.165) is 0 Å². The fourth-order valence-corrected chi connectivity index (χ4v) is 0.418. The van der Waals surface area contributed by atoms with E-state index in [1.165, 1.54) is 0 Å². The first-order valence-corrected chi connectivity index (χ1v) is 2.36. The summed E-state index contributed by atoms with van der Waals surface area (Å²) in [7, 11) is -1.66. The minimum Gasteiger partial charge on any atom is -0.420 e. The van der Waals surface area contributed by atoms with Crippen molar-refractivity contribution in [1.82, 2.24) is 10.1 Å². The van der Waals surface area contributed by atoms with Crippen LogP contribution < -0.4 is 5.79 Å². The lowest BCUT2D eigenvalue weighted by atomic mass is 9.93. The van der Waals surface area contributed by atoms with Crippen LogP contribution in [0.15, 0.2) is 4.52 Å². The molecule has 0 amide bonds. The number of aromatic nitrogens is 2. The van der Waals surface area contributed by atoms with Gasteiger partial charge in [0, 0.05) is 0 Å². The van der Waals surface area contributed by atoms with E-state index in [2.05, 4.69) is 14.7 Å². The second-order valence-electron chi connectivity index (χ2n) is 1.55. The zero-order valence-corrected chi connectivity index (χ0v) is 4.77. The molecule has 0 atom stereocenters. The first-order valence-electron chi connectivity index (χ1n) is 2.36. The molecule has 0 unspecified atom stereocenters. The van der Waals surface area contributed by atoms with Crippen molar-refractivity contribution in [2.45, 2.75) is 6.92 Å². The number of rotatable bonds is 1. The van der Waals surface area contributed by atoms with E-state index in [4.69, 9.17) is 10.0 Å². The summed E-state index contributed by atoms with van der Waals surface area (Å²) >= 11 is 0. The highest BCUT2D eigenvalue weighted by Gasteiger charge is 2.18. The van der Waals surface area contributed by atoms with Gasteiger partial charge in [0.05, 0.1) is 0 Å². The lowest BCUT2D eigenvalue weighted by Crippen LogP contribution is -2.30. The molecule has 0 saturated carbocycles. The number of hydrogen-bond donors (Lipinski definition) is 2. The summed E-state index contributed by atoms with van der Waals surface area (Å²) in [5, 5.41) is 20.1. The fraction of sp³-hybridized carbons (Fsp3) is 0.333. The second kappa shape index (κ2) is 2.16. The van der Waals surface area contributed by atoms with Gasteiger partial charge in [-0.15, -0.1) is 0 Å². The number of nitrogens with zero attached hydrogens (tertiary/aromatic N) is 2. The molecule has 48 valence electrons. The van der Waals surface area contributed by atoms with Crippen LogP contribution in [0.1, 0.15) is 5.82 Å². The molecular weight excluding hydrogens is 123 g/mol. The van der Waals surface area contributed by atoms with Crippen LogP contribution in [0, 0.1) is 6.92 Å². The maximum atomic E-state index is 8.40. The molecule has 0 fully saturated rings. The molecule has 0 radical (unpaired) electrons. The Bertz CT molecular complexity index is 199. The lowest BCUT2D eigenvalue weighted by Gasteiger charge is -1.83. The Morgan fingerprint density at radius 2 is 2.22 bits per heavy atom. The van der Waals surface area contributed by atoms with Crippen molar-refractivity contribution < 1.29 is 14.6 Å². The standard InChI is InChI=1S/C3H5BN2O3/c1-2-5-3(4(7)8)9-6-2/h7-8H,1H3. The molecular formula is C3H5BN2O3. The van der Waals surface area contributed by atoms with Crippen LogP contribution in [-0.4, -0.2) is 27.3 Å². The van der Waals surface area contributed by atoms with Crippen LogP contribution in [0.25, 0.3) is 0 Å². The lowest BCUT2D eigenvalue weighted by molar-refractivity contribution is 0.379. The van der Waals surface area contributed by atoms with E-state index in [1.54, 1.807) is 6.92 Å². The molecule has 0 aliphatic carbocycles. The van der Waals surface area contributed by atoms with Crippen LogP contribution in [0.3, 0.4) is 0 Å². The Morgan fingerprint density at radius 1 is 1.56 bits per heavy atom. The van der Waals surface area contributed by atoms with Gasteiger partial charge in [0.2, 0.25) is 0 Å². The van der Waals surface area contributed by atoms with Gasteiger partial charge in [-0.2, -0.15) is 4.98 Å². The Hall–Kier alpha value is -0.875. The average molecular weight is 128 g/mol. The molecule has 1 rings (SSSR count). The minimum absolute atomic E-state index is 0.174. The minimum atomic E-state index is -1.66. The van der Waals surface area contributed by atoms with E-state index in [-0.39, 0.29) is 5.79 Å². The van der Waals surface area contributed by atoms with Gasteiger partial charge in [-0.05, 0) is 6.92 Å². The Morgan fingerprint density at radius 3 is 2.44 bits per heavy atom. The molecule has 1 heterocycles. The van der Waals surface area contributed by atoms with E-state index in [9.17, 15) is 0 Å². The topological polar surface area (TPSA) is 79.4 Å². The first kappa shape index (κ1) is 6.25. The molecule has 0 aliphatic rings. The number of aryl methyl sites for hydroxylation is 1. The van der Waals surface area contributed by atoms with Gasteiger partial charge in [-0.1, -0.05) is 5.16 Å². The van der Waals surface area contributed by atoms with E-state index in [1.807, 2.05) is 0 Å². The molecule has 0 spiro atoms. The van der Waals surface area contributed by atoms with Crippen molar-refractivity contribution in [3.8, 4) is 0 Å². The maximum absolute atomic E-state index is 8.40. The van der Waals surface area contributed by atoms with Crippen molar-refractivity contribution in [3.05, 3.63) is 5.82 Å². The van der Waals surface area contributed by atoms with Gasteiger partial charge < -0.3 is 14.6 Å². The van der Waals surface area contributed by atoms with E-state index in [0.29, 0.717) is 5.82 Å². The summed E-state index contributed by atoms with van der Waals surface area (Å²) in [6, 6.07) is 0. The molecule has 0 bridgehead atoms. The Kier molecular flexibility index (Phi) is 1.50. The Labute approximate surface area is 51.5 Å². The molecule has 1 aromatic heterocycles. The van der Waals surface area contributed by atoms with Crippen LogP contribution in [0.5, 0.6) is 0 Å². The van der Waals surface area contributed by atoms with Crippen molar-refractivity contribution in [2.75, 3.05) is 0 Å². The van der Waals surface area contributed by atoms with Gasteiger partial charge in [0.25, 0.3) is 5.79 Å². The molecule has 9 heavy (non-hydrogen) atoms. The van der Waals surface area contributed by atoms with E-state index < -0.39 is 7.12 Å². The molecule has 0 aromatic carbocycles.